The summed E-state index contributed by atoms with van der Waals surface area (Å²) in [5.41, 5.74) is 11.3. The quantitative estimate of drug-likeness (QED) is 0.771. The van der Waals surface area contributed by atoms with Gasteiger partial charge >= 0.3 is 0 Å². The fraction of sp³-hybridized carbons (Fsp3) is 0.385. The van der Waals surface area contributed by atoms with Gasteiger partial charge in [0.25, 0.3) is 5.91 Å². The summed E-state index contributed by atoms with van der Waals surface area (Å²) in [7, 11) is 0. The molecule has 2 rings (SSSR count). The van der Waals surface area contributed by atoms with Gasteiger partial charge in [0.1, 0.15) is 6.10 Å². The molecule has 0 aromatic heterocycles. The fourth-order valence-corrected chi connectivity index (χ4v) is 2.30. The van der Waals surface area contributed by atoms with Crippen LogP contribution in [0.4, 0.5) is 5.69 Å². The second-order valence-electron chi connectivity index (χ2n) is 4.61. The molecule has 0 spiro atoms. The first-order valence-corrected chi connectivity index (χ1v) is 6.64. The van der Waals surface area contributed by atoms with E-state index >= 15 is 0 Å². The summed E-state index contributed by atoms with van der Waals surface area (Å²) >= 11 is 5.84. The van der Waals surface area contributed by atoms with Crippen LogP contribution in [0, 0.1) is 0 Å². The molecule has 8 heteroatoms. The van der Waals surface area contributed by atoms with Crippen molar-refractivity contribution in [1.82, 2.24) is 0 Å². The number of nitrogens with one attached hydrogen (secondary N) is 1. The van der Waals surface area contributed by atoms with Gasteiger partial charge in [-0.1, -0.05) is 11.6 Å². The molecule has 0 aliphatic carbocycles. The maximum atomic E-state index is 12.0. The van der Waals surface area contributed by atoms with Crippen LogP contribution in [0.1, 0.15) is 23.2 Å². The highest BCUT2D eigenvalue weighted by Gasteiger charge is 2.29. The van der Waals surface area contributed by atoms with Crippen LogP contribution in [0.3, 0.4) is 0 Å². The molecule has 5 N–H and O–H groups in total. The number of hydrogen-bond donors (Lipinski definition) is 3. The summed E-state index contributed by atoms with van der Waals surface area (Å²) in [6.07, 6.45) is 0.805. The van der Waals surface area contributed by atoms with Gasteiger partial charge in [-0.25, -0.2) is 0 Å². The number of benzene rings is 1. The number of carbonyl (C=O) groups is 2. The Balaban J connectivity index is 0.00000220. The van der Waals surface area contributed by atoms with Gasteiger partial charge < -0.3 is 21.5 Å². The normalized spacial score (nSPS) is 20.7. The zero-order chi connectivity index (χ0) is 14.7. The van der Waals surface area contributed by atoms with E-state index in [4.69, 9.17) is 27.8 Å². The molecule has 1 fully saturated rings. The van der Waals surface area contributed by atoms with Crippen molar-refractivity contribution in [2.45, 2.75) is 25.0 Å². The molecule has 6 nitrogen and oxygen atoms in total. The lowest BCUT2D eigenvalue weighted by molar-refractivity contribution is -0.126. The molecule has 0 saturated carbocycles. The zero-order valence-electron chi connectivity index (χ0n) is 11.2. The predicted molar refractivity (Wildman–Crippen MR) is 82.8 cm³/mol. The SMILES string of the molecule is Cl.NC[C@H]1CC[C@@H](C(=O)Nc2ccc(Cl)c(C(N)=O)c2)O1. The Labute approximate surface area is 133 Å². The van der Waals surface area contributed by atoms with E-state index in [-0.39, 0.29) is 35.0 Å². The van der Waals surface area contributed by atoms with Crippen molar-refractivity contribution in [3.63, 3.8) is 0 Å². The molecule has 1 heterocycles. The summed E-state index contributed by atoms with van der Waals surface area (Å²) < 4.78 is 5.49. The maximum absolute atomic E-state index is 12.0. The Hall–Kier alpha value is -1.34. The van der Waals surface area contributed by atoms with Gasteiger partial charge in [-0.05, 0) is 31.0 Å². The summed E-state index contributed by atoms with van der Waals surface area (Å²) in [6, 6.07) is 4.55. The van der Waals surface area contributed by atoms with Crippen molar-refractivity contribution < 1.29 is 14.3 Å². The number of nitrogens with two attached hydrogens (primary N) is 2. The molecular formula is C13H17Cl2N3O3. The van der Waals surface area contributed by atoms with Crippen LogP contribution in [-0.2, 0) is 9.53 Å². The van der Waals surface area contributed by atoms with E-state index in [9.17, 15) is 9.59 Å². The number of anilines is 1. The van der Waals surface area contributed by atoms with Gasteiger partial charge in [-0.2, -0.15) is 0 Å². The monoisotopic (exact) mass is 333 g/mol. The van der Waals surface area contributed by atoms with Crippen LogP contribution in [0.15, 0.2) is 18.2 Å². The minimum atomic E-state index is -0.647. The van der Waals surface area contributed by atoms with E-state index in [0.717, 1.165) is 6.42 Å². The Morgan fingerprint density at radius 1 is 1.38 bits per heavy atom. The van der Waals surface area contributed by atoms with Gasteiger partial charge in [-0.15, -0.1) is 12.4 Å². The molecule has 1 aromatic rings. The highest BCUT2D eigenvalue weighted by molar-refractivity contribution is 6.34. The lowest BCUT2D eigenvalue weighted by Crippen LogP contribution is -2.29. The maximum Gasteiger partial charge on any atom is 0.253 e. The highest BCUT2D eigenvalue weighted by Crippen LogP contribution is 2.23. The second-order valence-corrected chi connectivity index (χ2v) is 5.02. The molecule has 116 valence electrons. The molecule has 0 bridgehead atoms. The van der Waals surface area contributed by atoms with E-state index in [0.29, 0.717) is 18.7 Å². The molecule has 0 radical (unpaired) electrons. The number of carbonyl (C=O) groups excluding carboxylic acids is 2. The van der Waals surface area contributed by atoms with Gasteiger partial charge in [-0.3, -0.25) is 9.59 Å². The number of halogens is 2. The Bertz CT molecular complexity index is 539. The van der Waals surface area contributed by atoms with Crippen LogP contribution in [-0.4, -0.2) is 30.6 Å². The van der Waals surface area contributed by atoms with Gasteiger partial charge in [0.2, 0.25) is 5.91 Å². The molecule has 2 atom stereocenters. The van der Waals surface area contributed by atoms with Crippen molar-refractivity contribution in [3.8, 4) is 0 Å². The van der Waals surface area contributed by atoms with Crippen molar-refractivity contribution in [2.75, 3.05) is 11.9 Å². The van der Waals surface area contributed by atoms with Gasteiger partial charge in [0, 0.05) is 12.2 Å². The van der Waals surface area contributed by atoms with Crippen LogP contribution in [0.5, 0.6) is 0 Å². The Morgan fingerprint density at radius 2 is 2.10 bits per heavy atom. The molecule has 1 aliphatic heterocycles. The molecule has 21 heavy (non-hydrogen) atoms. The highest BCUT2D eigenvalue weighted by atomic mass is 35.5. The number of rotatable bonds is 4. The molecule has 2 amide bonds. The smallest absolute Gasteiger partial charge is 0.253 e. The third-order valence-corrected chi connectivity index (χ3v) is 3.49. The lowest BCUT2D eigenvalue weighted by atomic mass is 10.1. The third kappa shape index (κ3) is 4.31. The van der Waals surface area contributed by atoms with Crippen LogP contribution >= 0.6 is 24.0 Å². The van der Waals surface area contributed by atoms with Crippen molar-refractivity contribution in [1.29, 1.82) is 0 Å². The van der Waals surface area contributed by atoms with Crippen LogP contribution < -0.4 is 16.8 Å². The van der Waals surface area contributed by atoms with Crippen molar-refractivity contribution in [3.05, 3.63) is 28.8 Å². The van der Waals surface area contributed by atoms with E-state index in [2.05, 4.69) is 5.32 Å². The Kier molecular flexibility index (Phi) is 6.42. The standard InChI is InChI=1S/C13H16ClN3O3.ClH/c14-10-3-1-7(5-9(10)12(16)18)17-13(19)11-4-2-8(6-15)20-11;/h1,3,5,8,11H,2,4,6,15H2,(H2,16,18)(H,17,19);1H/t8-,11+;/m1./s1. The summed E-state index contributed by atoms with van der Waals surface area (Å²) in [5.74, 6) is -0.912. The minimum absolute atomic E-state index is 0. The average molecular weight is 334 g/mol. The second kappa shape index (κ2) is 7.61. The lowest BCUT2D eigenvalue weighted by Gasteiger charge is -2.13. The fourth-order valence-electron chi connectivity index (χ4n) is 2.09. The number of ether oxygens (including phenoxy) is 1. The van der Waals surface area contributed by atoms with Crippen molar-refractivity contribution >= 4 is 41.5 Å². The van der Waals surface area contributed by atoms with E-state index in [1.807, 2.05) is 0 Å². The summed E-state index contributed by atoms with van der Waals surface area (Å²) in [6.45, 7) is 0.399. The average Bonchev–Trinajstić information content (AvgIpc) is 2.89. The number of amides is 2. The van der Waals surface area contributed by atoms with Crippen LogP contribution in [0.2, 0.25) is 5.02 Å². The summed E-state index contributed by atoms with van der Waals surface area (Å²) in [5, 5.41) is 2.93. The number of hydrogen-bond acceptors (Lipinski definition) is 4. The largest absolute Gasteiger partial charge is 0.366 e. The predicted octanol–water partition coefficient (Wildman–Crippen LogP) is 1.31. The molecule has 0 unspecified atom stereocenters. The van der Waals surface area contributed by atoms with E-state index in [1.165, 1.54) is 12.1 Å². The third-order valence-electron chi connectivity index (χ3n) is 3.16. The summed E-state index contributed by atoms with van der Waals surface area (Å²) in [4.78, 5) is 23.2. The minimum Gasteiger partial charge on any atom is -0.366 e. The first-order chi connectivity index (χ1) is 9.51. The first-order valence-electron chi connectivity index (χ1n) is 6.27. The molecule has 1 saturated heterocycles. The first kappa shape index (κ1) is 17.7. The molecule has 1 aromatic carbocycles. The molecule has 1 aliphatic rings. The van der Waals surface area contributed by atoms with Crippen LogP contribution in [0.25, 0.3) is 0 Å². The molecular weight excluding hydrogens is 317 g/mol. The van der Waals surface area contributed by atoms with E-state index < -0.39 is 12.0 Å². The van der Waals surface area contributed by atoms with Gasteiger partial charge in [0.15, 0.2) is 0 Å². The Morgan fingerprint density at radius 3 is 2.67 bits per heavy atom. The van der Waals surface area contributed by atoms with Crippen molar-refractivity contribution in [2.24, 2.45) is 11.5 Å². The van der Waals surface area contributed by atoms with Gasteiger partial charge in [0.05, 0.1) is 16.7 Å². The zero-order valence-corrected chi connectivity index (χ0v) is 12.7. The topological polar surface area (TPSA) is 107 Å². The number of primary amides is 1. The van der Waals surface area contributed by atoms with E-state index in [1.54, 1.807) is 6.07 Å².